The van der Waals surface area contributed by atoms with E-state index in [1.807, 2.05) is 44.2 Å². The molecule has 0 radical (unpaired) electrons. The second-order valence-electron chi connectivity index (χ2n) is 5.95. The molecule has 0 N–H and O–H groups in total. The molecule has 0 atom stereocenters. The van der Waals surface area contributed by atoms with Gasteiger partial charge >= 0.3 is 0 Å². The van der Waals surface area contributed by atoms with Crippen molar-refractivity contribution < 1.29 is 9.72 Å². The van der Waals surface area contributed by atoms with Crippen molar-refractivity contribution in [3.05, 3.63) is 76.5 Å². The topological polar surface area (TPSA) is 81.3 Å². The highest BCUT2D eigenvalue weighted by Crippen LogP contribution is 2.26. The highest BCUT2D eigenvalue weighted by molar-refractivity contribution is 6.00. The number of aromatic nitrogens is 2. The number of rotatable bonds is 6. The Morgan fingerprint density at radius 2 is 1.70 bits per heavy atom. The lowest BCUT2D eigenvalue weighted by molar-refractivity contribution is -0.384. The largest absolute Gasteiger partial charge is 0.339 e. The Balaban J connectivity index is 2.11. The maximum atomic E-state index is 13.0. The summed E-state index contributed by atoms with van der Waals surface area (Å²) in [7, 11) is 0. The molecule has 1 heterocycles. The van der Waals surface area contributed by atoms with Crippen LogP contribution in [-0.2, 0) is 0 Å². The Bertz CT molecular complexity index is 945. The second-order valence-corrected chi connectivity index (χ2v) is 5.95. The van der Waals surface area contributed by atoms with Crippen LogP contribution in [-0.4, -0.2) is 38.6 Å². The number of carbonyl (C=O) groups is 1. The first-order valence-corrected chi connectivity index (χ1v) is 8.74. The molecule has 0 unspecified atom stereocenters. The zero-order chi connectivity index (χ0) is 19.4. The van der Waals surface area contributed by atoms with Crippen molar-refractivity contribution in [1.29, 1.82) is 0 Å². The van der Waals surface area contributed by atoms with E-state index in [1.165, 1.54) is 12.1 Å². The Morgan fingerprint density at radius 3 is 2.26 bits per heavy atom. The number of amides is 1. The van der Waals surface area contributed by atoms with Gasteiger partial charge in [0, 0.05) is 37.0 Å². The SMILES string of the molecule is CCN(CC)C(=O)c1cn(-c2ccccc2)nc1-c1ccc([N+](=O)[O-])cc1. The molecule has 0 saturated heterocycles. The van der Waals surface area contributed by atoms with Crippen molar-refractivity contribution in [3.63, 3.8) is 0 Å². The van der Waals surface area contributed by atoms with Crippen LogP contribution in [0.2, 0.25) is 0 Å². The average Bonchev–Trinajstić information content (AvgIpc) is 3.15. The van der Waals surface area contributed by atoms with Crippen molar-refractivity contribution >= 4 is 11.6 Å². The van der Waals surface area contributed by atoms with Crippen LogP contribution < -0.4 is 0 Å². The molecule has 0 saturated carbocycles. The molecular formula is C20H20N4O3. The molecule has 7 nitrogen and oxygen atoms in total. The summed E-state index contributed by atoms with van der Waals surface area (Å²) in [4.78, 5) is 25.2. The number of nitrogens with zero attached hydrogens (tertiary/aromatic N) is 4. The van der Waals surface area contributed by atoms with E-state index in [0.29, 0.717) is 29.9 Å². The van der Waals surface area contributed by atoms with Crippen LogP contribution in [0.25, 0.3) is 16.9 Å². The highest BCUT2D eigenvalue weighted by Gasteiger charge is 2.22. The van der Waals surface area contributed by atoms with E-state index >= 15 is 0 Å². The van der Waals surface area contributed by atoms with Crippen molar-refractivity contribution in [1.82, 2.24) is 14.7 Å². The Kier molecular flexibility index (Phi) is 5.30. The molecule has 1 amide bonds. The van der Waals surface area contributed by atoms with Crippen LogP contribution in [0.1, 0.15) is 24.2 Å². The number of hydrogen-bond acceptors (Lipinski definition) is 4. The smallest absolute Gasteiger partial charge is 0.269 e. The van der Waals surface area contributed by atoms with Gasteiger partial charge in [-0.1, -0.05) is 18.2 Å². The van der Waals surface area contributed by atoms with Crippen molar-refractivity contribution in [2.45, 2.75) is 13.8 Å². The number of nitro benzene ring substituents is 1. The zero-order valence-corrected chi connectivity index (χ0v) is 15.2. The summed E-state index contributed by atoms with van der Waals surface area (Å²) in [5.41, 5.74) is 2.46. The van der Waals surface area contributed by atoms with Crippen LogP contribution in [0.5, 0.6) is 0 Å². The van der Waals surface area contributed by atoms with E-state index < -0.39 is 4.92 Å². The summed E-state index contributed by atoms with van der Waals surface area (Å²) < 4.78 is 1.66. The maximum Gasteiger partial charge on any atom is 0.269 e. The number of non-ortho nitro benzene ring substituents is 1. The first kappa shape index (κ1) is 18.3. The van der Waals surface area contributed by atoms with E-state index in [0.717, 1.165) is 5.69 Å². The van der Waals surface area contributed by atoms with Gasteiger partial charge in [-0.15, -0.1) is 0 Å². The Labute approximate surface area is 157 Å². The molecule has 0 spiro atoms. The van der Waals surface area contributed by atoms with Crippen LogP contribution >= 0.6 is 0 Å². The standard InChI is InChI=1S/C20H20N4O3/c1-3-22(4-2)20(25)18-14-23(16-8-6-5-7-9-16)21-19(18)15-10-12-17(13-11-15)24(26)27/h5-14H,3-4H2,1-2H3. The van der Waals surface area contributed by atoms with E-state index in [4.69, 9.17) is 0 Å². The van der Waals surface area contributed by atoms with Gasteiger partial charge in [0.2, 0.25) is 0 Å². The lowest BCUT2D eigenvalue weighted by Crippen LogP contribution is -2.30. The third kappa shape index (κ3) is 3.72. The summed E-state index contributed by atoms with van der Waals surface area (Å²) in [6.07, 6.45) is 1.72. The average molecular weight is 364 g/mol. The molecule has 0 aliphatic heterocycles. The van der Waals surface area contributed by atoms with Crippen molar-refractivity contribution in [2.75, 3.05) is 13.1 Å². The molecule has 2 aromatic carbocycles. The normalized spacial score (nSPS) is 10.6. The third-order valence-corrected chi connectivity index (χ3v) is 4.37. The molecule has 1 aromatic heterocycles. The fourth-order valence-corrected chi connectivity index (χ4v) is 2.88. The molecule has 0 aliphatic rings. The fourth-order valence-electron chi connectivity index (χ4n) is 2.88. The number of nitro groups is 1. The number of para-hydroxylation sites is 1. The first-order valence-electron chi connectivity index (χ1n) is 8.74. The summed E-state index contributed by atoms with van der Waals surface area (Å²) >= 11 is 0. The summed E-state index contributed by atoms with van der Waals surface area (Å²) in [5, 5.41) is 15.5. The lowest BCUT2D eigenvalue weighted by Gasteiger charge is -2.18. The van der Waals surface area contributed by atoms with Gasteiger partial charge in [-0.3, -0.25) is 14.9 Å². The maximum absolute atomic E-state index is 13.0. The summed E-state index contributed by atoms with van der Waals surface area (Å²) in [6.45, 7) is 5.03. The number of hydrogen-bond donors (Lipinski definition) is 0. The van der Waals surface area contributed by atoms with Gasteiger partial charge in [0.1, 0.15) is 5.69 Å². The van der Waals surface area contributed by atoms with Gasteiger partial charge in [-0.2, -0.15) is 5.10 Å². The fraction of sp³-hybridized carbons (Fsp3) is 0.200. The van der Waals surface area contributed by atoms with Crippen molar-refractivity contribution in [2.24, 2.45) is 0 Å². The molecule has 0 bridgehead atoms. The van der Waals surface area contributed by atoms with E-state index in [1.54, 1.807) is 27.9 Å². The minimum atomic E-state index is -0.450. The quantitative estimate of drug-likeness (QED) is 0.490. The zero-order valence-electron chi connectivity index (χ0n) is 15.2. The van der Waals surface area contributed by atoms with Gasteiger partial charge in [0.15, 0.2) is 0 Å². The number of carbonyl (C=O) groups excluding carboxylic acids is 1. The molecule has 138 valence electrons. The summed E-state index contributed by atoms with van der Waals surface area (Å²) in [6, 6.07) is 15.6. The van der Waals surface area contributed by atoms with Gasteiger partial charge in [0.05, 0.1) is 16.2 Å². The van der Waals surface area contributed by atoms with Gasteiger partial charge in [0.25, 0.3) is 11.6 Å². The highest BCUT2D eigenvalue weighted by atomic mass is 16.6. The van der Waals surface area contributed by atoms with Gasteiger partial charge in [-0.05, 0) is 38.1 Å². The van der Waals surface area contributed by atoms with E-state index in [9.17, 15) is 14.9 Å². The van der Waals surface area contributed by atoms with E-state index in [2.05, 4.69) is 5.10 Å². The molecule has 3 rings (SSSR count). The monoisotopic (exact) mass is 364 g/mol. The van der Waals surface area contributed by atoms with Crippen LogP contribution in [0.15, 0.2) is 60.8 Å². The van der Waals surface area contributed by atoms with Gasteiger partial charge in [-0.25, -0.2) is 4.68 Å². The first-order chi connectivity index (χ1) is 13.0. The molecule has 0 aliphatic carbocycles. The summed E-state index contributed by atoms with van der Waals surface area (Å²) in [5.74, 6) is -0.115. The second kappa shape index (κ2) is 7.82. The minimum absolute atomic E-state index is 0.00198. The Hall–Kier alpha value is -3.48. The van der Waals surface area contributed by atoms with E-state index in [-0.39, 0.29) is 11.6 Å². The van der Waals surface area contributed by atoms with Gasteiger partial charge < -0.3 is 4.90 Å². The lowest BCUT2D eigenvalue weighted by atomic mass is 10.1. The molecule has 7 heteroatoms. The number of benzene rings is 2. The Morgan fingerprint density at radius 1 is 1.07 bits per heavy atom. The van der Waals surface area contributed by atoms with Crippen LogP contribution in [0, 0.1) is 10.1 Å². The minimum Gasteiger partial charge on any atom is -0.339 e. The predicted octanol–water partition coefficient (Wildman–Crippen LogP) is 3.93. The van der Waals surface area contributed by atoms with Crippen LogP contribution in [0.4, 0.5) is 5.69 Å². The van der Waals surface area contributed by atoms with Crippen LogP contribution in [0.3, 0.4) is 0 Å². The molecule has 27 heavy (non-hydrogen) atoms. The molecule has 0 fully saturated rings. The van der Waals surface area contributed by atoms with Crippen molar-refractivity contribution in [3.8, 4) is 16.9 Å². The predicted molar refractivity (Wildman–Crippen MR) is 103 cm³/mol. The molecule has 3 aromatic rings. The molecular weight excluding hydrogens is 344 g/mol. The third-order valence-electron chi connectivity index (χ3n) is 4.37.